The van der Waals surface area contributed by atoms with E-state index in [9.17, 15) is 17.6 Å². The summed E-state index contributed by atoms with van der Waals surface area (Å²) in [5, 5.41) is 2.51. The molecule has 6 nitrogen and oxygen atoms in total. The minimum atomic E-state index is -3.93. The summed E-state index contributed by atoms with van der Waals surface area (Å²) in [4.78, 5) is 11.1. The Morgan fingerprint density at radius 2 is 1.83 bits per heavy atom. The van der Waals surface area contributed by atoms with Crippen molar-refractivity contribution in [1.82, 2.24) is 5.32 Å². The number of amides is 1. The number of rotatable bonds is 6. The molecule has 24 heavy (non-hydrogen) atoms. The number of carbonyl (C=O) groups is 1. The molecule has 0 unspecified atom stereocenters. The Balaban J connectivity index is 2.17. The van der Waals surface area contributed by atoms with Crippen LogP contribution in [-0.4, -0.2) is 28.5 Å². The third-order valence-electron chi connectivity index (χ3n) is 3.28. The fourth-order valence-electron chi connectivity index (χ4n) is 1.99. The molecule has 0 aliphatic heterocycles. The van der Waals surface area contributed by atoms with Crippen LogP contribution >= 0.6 is 0 Å². The molecule has 1 amide bonds. The molecule has 0 fully saturated rings. The van der Waals surface area contributed by atoms with E-state index in [1.54, 1.807) is 19.2 Å². The number of hydrogen-bond acceptors (Lipinski definition) is 4. The molecule has 0 radical (unpaired) electrons. The van der Waals surface area contributed by atoms with E-state index in [4.69, 9.17) is 4.74 Å². The molecule has 0 aliphatic rings. The Bertz CT molecular complexity index is 836. The van der Waals surface area contributed by atoms with Crippen molar-refractivity contribution in [2.24, 2.45) is 0 Å². The van der Waals surface area contributed by atoms with Gasteiger partial charge in [-0.05, 0) is 35.9 Å². The molecule has 0 saturated heterocycles. The molecule has 128 valence electrons. The predicted octanol–water partition coefficient (Wildman–Crippen LogP) is 1.92. The lowest BCUT2D eigenvalue weighted by atomic mass is 10.1. The molecule has 0 aromatic heterocycles. The Labute approximate surface area is 139 Å². The Morgan fingerprint density at radius 1 is 1.17 bits per heavy atom. The summed E-state index contributed by atoms with van der Waals surface area (Å²) in [5.74, 6) is -0.939. The Kier molecular flexibility index (Phi) is 5.40. The largest absolute Gasteiger partial charge is 0.494 e. The van der Waals surface area contributed by atoms with Crippen LogP contribution in [0, 0.1) is 5.82 Å². The van der Waals surface area contributed by atoms with Gasteiger partial charge in [0.1, 0.15) is 0 Å². The molecular weight excluding hydrogens is 335 g/mol. The standard InChI is InChI=1S/C16H17FN2O4S/c1-18-16(20)9-11-3-5-12(6-4-11)19-24(21,22)13-7-8-15(23-2)14(17)10-13/h3-8,10,19H,9H2,1-2H3,(H,18,20). The molecule has 0 aliphatic carbocycles. The van der Waals surface area contributed by atoms with E-state index in [2.05, 4.69) is 10.0 Å². The van der Waals surface area contributed by atoms with Crippen LogP contribution in [0.4, 0.5) is 10.1 Å². The van der Waals surface area contributed by atoms with E-state index in [0.717, 1.165) is 11.6 Å². The zero-order valence-corrected chi connectivity index (χ0v) is 14.0. The highest BCUT2D eigenvalue weighted by atomic mass is 32.2. The fraction of sp³-hybridized carbons (Fsp3) is 0.188. The molecule has 0 bridgehead atoms. The average molecular weight is 352 g/mol. The topological polar surface area (TPSA) is 84.5 Å². The van der Waals surface area contributed by atoms with E-state index < -0.39 is 15.8 Å². The number of anilines is 1. The highest BCUT2D eigenvalue weighted by Gasteiger charge is 2.17. The number of benzene rings is 2. The number of carbonyl (C=O) groups excluding carboxylic acids is 1. The minimum Gasteiger partial charge on any atom is -0.494 e. The van der Waals surface area contributed by atoms with Crippen molar-refractivity contribution in [3.8, 4) is 5.75 Å². The van der Waals surface area contributed by atoms with E-state index in [1.807, 2.05) is 0 Å². The van der Waals surface area contributed by atoms with E-state index in [1.165, 1.54) is 31.4 Å². The SMILES string of the molecule is CNC(=O)Cc1ccc(NS(=O)(=O)c2ccc(OC)c(F)c2)cc1. The van der Waals surface area contributed by atoms with Crippen LogP contribution in [0.5, 0.6) is 5.75 Å². The first-order valence-corrected chi connectivity index (χ1v) is 8.50. The van der Waals surface area contributed by atoms with Crippen molar-refractivity contribution in [1.29, 1.82) is 0 Å². The van der Waals surface area contributed by atoms with Crippen LogP contribution in [0.1, 0.15) is 5.56 Å². The van der Waals surface area contributed by atoms with Crippen LogP contribution in [0.15, 0.2) is 47.4 Å². The number of halogens is 1. The lowest BCUT2D eigenvalue weighted by Crippen LogP contribution is -2.19. The second kappa shape index (κ2) is 7.31. The zero-order valence-electron chi connectivity index (χ0n) is 13.2. The van der Waals surface area contributed by atoms with Crippen molar-refractivity contribution in [3.05, 3.63) is 53.8 Å². The van der Waals surface area contributed by atoms with Gasteiger partial charge in [-0.3, -0.25) is 9.52 Å². The number of nitrogens with one attached hydrogen (secondary N) is 2. The lowest BCUT2D eigenvalue weighted by Gasteiger charge is -2.10. The van der Waals surface area contributed by atoms with Gasteiger partial charge in [-0.1, -0.05) is 12.1 Å². The molecule has 0 spiro atoms. The summed E-state index contributed by atoms with van der Waals surface area (Å²) in [6, 6.07) is 9.75. The Morgan fingerprint density at radius 3 is 2.38 bits per heavy atom. The molecule has 2 rings (SSSR count). The second-order valence-corrected chi connectivity index (χ2v) is 6.63. The lowest BCUT2D eigenvalue weighted by molar-refractivity contribution is -0.119. The molecule has 0 heterocycles. The second-order valence-electron chi connectivity index (χ2n) is 4.95. The van der Waals surface area contributed by atoms with Gasteiger partial charge in [0.15, 0.2) is 11.6 Å². The van der Waals surface area contributed by atoms with Gasteiger partial charge in [-0.25, -0.2) is 12.8 Å². The van der Waals surface area contributed by atoms with Crippen molar-refractivity contribution in [2.45, 2.75) is 11.3 Å². The summed E-state index contributed by atoms with van der Waals surface area (Å²) in [7, 11) is -1.09. The first-order chi connectivity index (χ1) is 11.4. The van der Waals surface area contributed by atoms with E-state index in [-0.39, 0.29) is 23.0 Å². The first kappa shape index (κ1) is 17.7. The number of likely N-dealkylation sites (N-methyl/N-ethyl adjacent to an activating group) is 1. The maximum Gasteiger partial charge on any atom is 0.262 e. The quantitative estimate of drug-likeness (QED) is 0.832. The fourth-order valence-corrected chi connectivity index (χ4v) is 3.06. The number of sulfonamides is 1. The molecule has 2 aromatic rings. The van der Waals surface area contributed by atoms with Crippen LogP contribution in [0.25, 0.3) is 0 Å². The number of hydrogen-bond donors (Lipinski definition) is 2. The molecule has 8 heteroatoms. The van der Waals surface area contributed by atoms with Gasteiger partial charge in [-0.15, -0.1) is 0 Å². The van der Waals surface area contributed by atoms with Crippen molar-refractivity contribution in [3.63, 3.8) is 0 Å². The van der Waals surface area contributed by atoms with E-state index in [0.29, 0.717) is 5.69 Å². The van der Waals surface area contributed by atoms with Crippen LogP contribution in [0.2, 0.25) is 0 Å². The highest BCUT2D eigenvalue weighted by molar-refractivity contribution is 7.92. The average Bonchev–Trinajstić information content (AvgIpc) is 2.56. The summed E-state index contributed by atoms with van der Waals surface area (Å²) in [6.45, 7) is 0. The minimum absolute atomic E-state index is 0.0347. The van der Waals surface area contributed by atoms with Crippen LogP contribution in [-0.2, 0) is 21.2 Å². The molecule has 0 atom stereocenters. The van der Waals surface area contributed by atoms with Gasteiger partial charge in [0, 0.05) is 12.7 Å². The van der Waals surface area contributed by atoms with Crippen molar-refractivity contribution >= 4 is 21.6 Å². The van der Waals surface area contributed by atoms with Crippen molar-refractivity contribution < 1.29 is 22.3 Å². The monoisotopic (exact) mass is 352 g/mol. The van der Waals surface area contributed by atoms with Crippen LogP contribution in [0.3, 0.4) is 0 Å². The number of ether oxygens (including phenoxy) is 1. The van der Waals surface area contributed by atoms with Gasteiger partial charge < -0.3 is 10.1 Å². The number of methoxy groups -OCH3 is 1. The first-order valence-electron chi connectivity index (χ1n) is 7.01. The molecule has 2 N–H and O–H groups in total. The van der Waals surface area contributed by atoms with Gasteiger partial charge in [0.25, 0.3) is 10.0 Å². The molecular formula is C16H17FN2O4S. The third-order valence-corrected chi connectivity index (χ3v) is 4.66. The molecule has 2 aromatic carbocycles. The summed E-state index contributed by atoms with van der Waals surface area (Å²) in [6.07, 6.45) is 0.202. The smallest absolute Gasteiger partial charge is 0.262 e. The predicted molar refractivity (Wildman–Crippen MR) is 88.0 cm³/mol. The highest BCUT2D eigenvalue weighted by Crippen LogP contribution is 2.22. The zero-order chi connectivity index (χ0) is 17.7. The summed E-state index contributed by atoms with van der Waals surface area (Å²) < 4.78 is 45.4. The van der Waals surface area contributed by atoms with Crippen LogP contribution < -0.4 is 14.8 Å². The summed E-state index contributed by atoms with van der Waals surface area (Å²) in [5.41, 5.74) is 1.06. The van der Waals surface area contributed by atoms with Gasteiger partial charge in [-0.2, -0.15) is 0 Å². The van der Waals surface area contributed by atoms with Gasteiger partial charge >= 0.3 is 0 Å². The maximum atomic E-state index is 13.7. The van der Waals surface area contributed by atoms with Gasteiger partial charge in [0.2, 0.25) is 5.91 Å². The Hall–Kier alpha value is -2.61. The third kappa shape index (κ3) is 4.23. The summed E-state index contributed by atoms with van der Waals surface area (Å²) >= 11 is 0. The van der Waals surface area contributed by atoms with Gasteiger partial charge in [0.05, 0.1) is 18.4 Å². The van der Waals surface area contributed by atoms with Crippen molar-refractivity contribution in [2.75, 3.05) is 18.9 Å². The maximum absolute atomic E-state index is 13.7. The molecule has 0 saturated carbocycles. The normalized spacial score (nSPS) is 11.0. The van der Waals surface area contributed by atoms with E-state index >= 15 is 0 Å².